The van der Waals surface area contributed by atoms with Crippen LogP contribution in [0, 0.1) is 17.3 Å². The third kappa shape index (κ3) is 1.57. The van der Waals surface area contributed by atoms with E-state index in [9.17, 15) is 0 Å². The minimum atomic E-state index is 0.535. The summed E-state index contributed by atoms with van der Waals surface area (Å²) in [5.41, 5.74) is 1.91. The van der Waals surface area contributed by atoms with E-state index in [0.717, 1.165) is 17.2 Å². The maximum absolute atomic E-state index is 5.18. The maximum Gasteiger partial charge on any atom is 0.0934 e. The van der Waals surface area contributed by atoms with Gasteiger partial charge in [0.2, 0.25) is 0 Å². The van der Waals surface area contributed by atoms with Crippen molar-refractivity contribution in [2.24, 2.45) is 17.3 Å². The molecule has 0 aliphatic heterocycles. The van der Waals surface area contributed by atoms with Crippen molar-refractivity contribution in [1.82, 2.24) is 0 Å². The molecule has 3 atom stereocenters. The number of hydrogen-bond acceptors (Lipinski definition) is 1. The lowest BCUT2D eigenvalue weighted by molar-refractivity contribution is 0.196. The Morgan fingerprint density at radius 2 is 2.40 bits per heavy atom. The van der Waals surface area contributed by atoms with Crippen molar-refractivity contribution < 1.29 is 4.42 Å². The molecule has 0 saturated heterocycles. The second-order valence-corrected chi connectivity index (χ2v) is 5.95. The Morgan fingerprint density at radius 3 is 2.93 bits per heavy atom. The average Bonchev–Trinajstić information content (AvgIpc) is 2.93. The molecule has 0 aromatic carbocycles. The van der Waals surface area contributed by atoms with Crippen molar-refractivity contribution in [1.29, 1.82) is 0 Å². The van der Waals surface area contributed by atoms with Crippen LogP contribution >= 0.6 is 15.9 Å². The van der Waals surface area contributed by atoms with Crippen molar-refractivity contribution >= 4 is 15.9 Å². The van der Waals surface area contributed by atoms with Crippen LogP contribution in [0.25, 0.3) is 0 Å². The molecule has 2 aliphatic rings. The Hall–Kier alpha value is -0.240. The zero-order valence-corrected chi connectivity index (χ0v) is 10.5. The molecule has 3 unspecified atom stereocenters. The Morgan fingerprint density at radius 1 is 1.47 bits per heavy atom. The van der Waals surface area contributed by atoms with Gasteiger partial charge in [-0.1, -0.05) is 22.4 Å². The van der Waals surface area contributed by atoms with Crippen LogP contribution in [0.15, 0.2) is 23.0 Å². The fourth-order valence-corrected chi connectivity index (χ4v) is 4.67. The van der Waals surface area contributed by atoms with Crippen LogP contribution < -0.4 is 0 Å². The quantitative estimate of drug-likeness (QED) is 0.755. The van der Waals surface area contributed by atoms with Gasteiger partial charge in [-0.15, -0.1) is 0 Å². The van der Waals surface area contributed by atoms with E-state index in [4.69, 9.17) is 4.42 Å². The summed E-state index contributed by atoms with van der Waals surface area (Å²) in [7, 11) is 0. The van der Waals surface area contributed by atoms with Gasteiger partial charge < -0.3 is 4.42 Å². The molecule has 2 heteroatoms. The molecule has 0 N–H and O–H groups in total. The zero-order valence-electron chi connectivity index (χ0n) is 8.92. The number of rotatable bonds is 3. The molecular weight excluding hydrogens is 252 g/mol. The predicted octanol–water partition coefficient (Wildman–Crippen LogP) is 4.02. The van der Waals surface area contributed by atoms with E-state index in [-0.39, 0.29) is 0 Å². The van der Waals surface area contributed by atoms with Crippen LogP contribution in [0.5, 0.6) is 0 Å². The van der Waals surface area contributed by atoms with Crippen LogP contribution in [-0.2, 0) is 6.42 Å². The van der Waals surface area contributed by atoms with Gasteiger partial charge in [0.25, 0.3) is 0 Å². The van der Waals surface area contributed by atoms with Crippen LogP contribution in [0.3, 0.4) is 0 Å². The number of alkyl halides is 1. The summed E-state index contributed by atoms with van der Waals surface area (Å²) in [5.74, 6) is 1.97. The minimum absolute atomic E-state index is 0.535. The highest BCUT2D eigenvalue weighted by molar-refractivity contribution is 9.09. The topological polar surface area (TPSA) is 13.1 Å². The lowest BCUT2D eigenvalue weighted by Gasteiger charge is -2.36. The third-order valence-corrected chi connectivity index (χ3v) is 5.62. The summed E-state index contributed by atoms with van der Waals surface area (Å²) < 4.78 is 5.18. The Kier molecular flexibility index (Phi) is 2.42. The Bertz CT molecular complexity index is 332. The Labute approximate surface area is 99.4 Å². The molecule has 0 spiro atoms. The lowest BCUT2D eigenvalue weighted by Crippen LogP contribution is -2.31. The van der Waals surface area contributed by atoms with E-state index in [1.165, 1.54) is 37.7 Å². The molecule has 2 aliphatic carbocycles. The highest BCUT2D eigenvalue weighted by Crippen LogP contribution is 2.57. The number of hydrogen-bond donors (Lipinski definition) is 0. The highest BCUT2D eigenvalue weighted by Gasteiger charge is 2.49. The lowest BCUT2D eigenvalue weighted by atomic mass is 9.71. The molecule has 1 aromatic heterocycles. The molecule has 1 aromatic rings. The molecule has 1 nitrogen and oxygen atoms in total. The van der Waals surface area contributed by atoms with E-state index >= 15 is 0 Å². The molecule has 15 heavy (non-hydrogen) atoms. The summed E-state index contributed by atoms with van der Waals surface area (Å²) in [6.45, 7) is 0. The number of furan rings is 1. The first-order valence-electron chi connectivity index (χ1n) is 5.89. The molecule has 2 fully saturated rings. The van der Waals surface area contributed by atoms with Gasteiger partial charge in [-0.05, 0) is 54.6 Å². The van der Waals surface area contributed by atoms with Gasteiger partial charge in [-0.25, -0.2) is 0 Å². The van der Waals surface area contributed by atoms with Crippen LogP contribution in [-0.4, -0.2) is 5.33 Å². The van der Waals surface area contributed by atoms with Crippen LogP contribution in [0.4, 0.5) is 0 Å². The second kappa shape index (κ2) is 3.65. The fraction of sp³-hybridized carbons (Fsp3) is 0.692. The standard InChI is InChI=1S/C13H17BrO/c14-9-13(7-11-3-4-15-8-11)6-10-1-2-12(13)5-10/h3-4,8,10,12H,1-2,5-7,9H2. The molecule has 0 radical (unpaired) electrons. The smallest absolute Gasteiger partial charge is 0.0934 e. The van der Waals surface area contributed by atoms with Gasteiger partial charge in [0.05, 0.1) is 12.5 Å². The minimum Gasteiger partial charge on any atom is -0.472 e. The largest absolute Gasteiger partial charge is 0.472 e. The van der Waals surface area contributed by atoms with Crippen molar-refractivity contribution in [2.75, 3.05) is 5.33 Å². The third-order valence-electron chi connectivity index (χ3n) is 4.50. The first kappa shape index (κ1) is 9.95. The zero-order chi connectivity index (χ0) is 10.3. The van der Waals surface area contributed by atoms with E-state index < -0.39 is 0 Å². The highest BCUT2D eigenvalue weighted by atomic mass is 79.9. The Balaban J connectivity index is 1.82. The molecule has 1 heterocycles. The van der Waals surface area contributed by atoms with Gasteiger partial charge in [-0.3, -0.25) is 0 Å². The SMILES string of the molecule is BrCC1(Cc2ccoc2)CC2CCC1C2. The van der Waals surface area contributed by atoms with E-state index in [2.05, 4.69) is 22.0 Å². The van der Waals surface area contributed by atoms with E-state index in [1.807, 2.05) is 6.26 Å². The van der Waals surface area contributed by atoms with E-state index in [0.29, 0.717) is 5.41 Å². The summed E-state index contributed by atoms with van der Waals surface area (Å²) in [6.07, 6.45) is 10.7. The van der Waals surface area contributed by atoms with Crippen molar-refractivity contribution in [3.63, 3.8) is 0 Å². The predicted molar refractivity (Wildman–Crippen MR) is 64.1 cm³/mol. The molecule has 0 amide bonds. The van der Waals surface area contributed by atoms with Crippen LogP contribution in [0.2, 0.25) is 0 Å². The van der Waals surface area contributed by atoms with Gasteiger partial charge in [0, 0.05) is 5.33 Å². The first-order valence-corrected chi connectivity index (χ1v) is 7.01. The summed E-state index contributed by atoms with van der Waals surface area (Å²) in [5, 5.41) is 1.16. The van der Waals surface area contributed by atoms with Gasteiger partial charge >= 0.3 is 0 Å². The first-order chi connectivity index (χ1) is 7.32. The van der Waals surface area contributed by atoms with Crippen molar-refractivity contribution in [2.45, 2.75) is 32.1 Å². The number of fused-ring (bicyclic) bond motifs is 2. The second-order valence-electron chi connectivity index (χ2n) is 5.38. The molecule has 2 bridgehead atoms. The van der Waals surface area contributed by atoms with Gasteiger partial charge in [0.15, 0.2) is 0 Å². The maximum atomic E-state index is 5.18. The summed E-state index contributed by atoms with van der Waals surface area (Å²) in [4.78, 5) is 0. The van der Waals surface area contributed by atoms with Gasteiger partial charge in [-0.2, -0.15) is 0 Å². The average molecular weight is 269 g/mol. The fourth-order valence-electron chi connectivity index (χ4n) is 3.79. The van der Waals surface area contributed by atoms with Gasteiger partial charge in [0.1, 0.15) is 0 Å². The molecule has 2 saturated carbocycles. The molecule has 82 valence electrons. The molecule has 3 rings (SSSR count). The number of halogens is 1. The van der Waals surface area contributed by atoms with Crippen molar-refractivity contribution in [3.05, 3.63) is 24.2 Å². The normalized spacial score (nSPS) is 38.7. The monoisotopic (exact) mass is 268 g/mol. The molecular formula is C13H17BrO. The van der Waals surface area contributed by atoms with Crippen LogP contribution in [0.1, 0.15) is 31.2 Å². The van der Waals surface area contributed by atoms with E-state index in [1.54, 1.807) is 6.26 Å². The van der Waals surface area contributed by atoms with Crippen molar-refractivity contribution in [3.8, 4) is 0 Å². The summed E-state index contributed by atoms with van der Waals surface area (Å²) >= 11 is 3.75. The summed E-state index contributed by atoms with van der Waals surface area (Å²) in [6, 6.07) is 2.12.